The molecule has 1 unspecified atom stereocenters. The van der Waals surface area contributed by atoms with E-state index >= 15 is 0 Å². The largest absolute Gasteiger partial charge is 0.507 e. The van der Waals surface area contributed by atoms with Crippen molar-refractivity contribution in [3.63, 3.8) is 0 Å². The molecule has 1 aliphatic rings. The molecule has 4 rings (SSSR count). The molecule has 3 aromatic rings. The van der Waals surface area contributed by atoms with Crippen LogP contribution in [0.25, 0.3) is 5.76 Å². The van der Waals surface area contributed by atoms with Crippen LogP contribution >= 0.6 is 0 Å². The highest BCUT2D eigenvalue weighted by Crippen LogP contribution is 2.42. The molecule has 1 fully saturated rings. The lowest BCUT2D eigenvalue weighted by molar-refractivity contribution is -0.132. The Morgan fingerprint density at radius 3 is 2.19 bits per heavy atom. The summed E-state index contributed by atoms with van der Waals surface area (Å²) in [6.45, 7) is 6.98. The van der Waals surface area contributed by atoms with Gasteiger partial charge in [-0.25, -0.2) is 0 Å². The molecule has 2 heterocycles. The molecule has 0 radical (unpaired) electrons. The van der Waals surface area contributed by atoms with Crippen LogP contribution in [0.2, 0.25) is 0 Å². The molecule has 8 nitrogen and oxygen atoms in total. The lowest BCUT2D eigenvalue weighted by atomic mass is 9.95. The fourth-order valence-corrected chi connectivity index (χ4v) is 4.02. The Morgan fingerprint density at radius 1 is 0.972 bits per heavy atom. The molecule has 0 aliphatic carbocycles. The number of amides is 1. The van der Waals surface area contributed by atoms with Crippen molar-refractivity contribution >= 4 is 23.3 Å². The van der Waals surface area contributed by atoms with Crippen LogP contribution in [0.4, 0.5) is 5.82 Å². The smallest absolute Gasteiger partial charge is 0.301 e. The van der Waals surface area contributed by atoms with E-state index in [1.54, 1.807) is 61.5 Å². The molecule has 0 spiro atoms. The number of anilines is 1. The molecule has 2 aromatic carbocycles. The molecule has 36 heavy (non-hydrogen) atoms. The quantitative estimate of drug-likeness (QED) is 0.171. The summed E-state index contributed by atoms with van der Waals surface area (Å²) in [4.78, 5) is 27.7. The van der Waals surface area contributed by atoms with E-state index in [1.807, 2.05) is 6.92 Å². The maximum absolute atomic E-state index is 13.2. The number of ketones is 1. The third kappa shape index (κ3) is 5.12. The van der Waals surface area contributed by atoms with E-state index in [0.29, 0.717) is 41.6 Å². The normalized spacial score (nSPS) is 17.0. The molecule has 0 saturated carbocycles. The predicted octanol–water partition coefficient (Wildman–Crippen LogP) is 5.58. The number of unbranched alkanes of at least 4 members (excludes halogenated alkanes) is 1. The monoisotopic (exact) mass is 490 g/mol. The molecule has 0 bridgehead atoms. The maximum atomic E-state index is 13.2. The Balaban J connectivity index is 1.76. The number of hydrogen-bond acceptors (Lipinski definition) is 7. The van der Waals surface area contributed by atoms with Crippen LogP contribution in [0, 0.1) is 6.92 Å². The molecule has 1 amide bonds. The summed E-state index contributed by atoms with van der Waals surface area (Å²) in [6, 6.07) is 14.6. The van der Waals surface area contributed by atoms with Crippen molar-refractivity contribution in [2.45, 2.75) is 46.1 Å². The van der Waals surface area contributed by atoms with Gasteiger partial charge in [0.25, 0.3) is 5.78 Å². The van der Waals surface area contributed by atoms with E-state index in [2.05, 4.69) is 12.1 Å². The van der Waals surface area contributed by atoms with E-state index in [0.717, 1.165) is 19.3 Å². The third-order valence-electron chi connectivity index (χ3n) is 5.87. The zero-order valence-corrected chi connectivity index (χ0v) is 20.7. The molecule has 1 atom stereocenters. The standard InChI is InChI=1S/C28H30N2O6/c1-4-6-16-35-22-11-7-19(8-12-22)25-24(26(31)20-9-13-21(14-10-20)34-15-5-2)27(32)28(33)30(25)23-17-18(3)36-29-23/h7-14,17,25,31H,4-6,15-16H2,1-3H3/b26-24+. The van der Waals surface area contributed by atoms with Crippen molar-refractivity contribution in [2.24, 2.45) is 0 Å². The highest BCUT2D eigenvalue weighted by atomic mass is 16.5. The van der Waals surface area contributed by atoms with Gasteiger partial charge in [-0.05, 0) is 61.7 Å². The molecule has 188 valence electrons. The van der Waals surface area contributed by atoms with Gasteiger partial charge in [-0.3, -0.25) is 14.5 Å². The summed E-state index contributed by atoms with van der Waals surface area (Å²) >= 11 is 0. The number of rotatable bonds is 10. The first kappa shape index (κ1) is 25.0. The highest BCUT2D eigenvalue weighted by molar-refractivity contribution is 6.51. The average molecular weight is 491 g/mol. The molecule has 1 aromatic heterocycles. The van der Waals surface area contributed by atoms with Gasteiger partial charge in [0.05, 0.1) is 24.8 Å². The number of aliphatic hydroxyl groups excluding tert-OH is 1. The first-order valence-corrected chi connectivity index (χ1v) is 12.1. The third-order valence-corrected chi connectivity index (χ3v) is 5.87. The van der Waals surface area contributed by atoms with Crippen LogP contribution in [-0.2, 0) is 9.59 Å². The summed E-state index contributed by atoms with van der Waals surface area (Å²) in [5.41, 5.74) is 1.00. The predicted molar refractivity (Wildman–Crippen MR) is 135 cm³/mol. The van der Waals surface area contributed by atoms with E-state index < -0.39 is 17.7 Å². The van der Waals surface area contributed by atoms with Crippen molar-refractivity contribution in [2.75, 3.05) is 18.1 Å². The van der Waals surface area contributed by atoms with E-state index in [4.69, 9.17) is 14.0 Å². The number of ether oxygens (including phenoxy) is 2. The van der Waals surface area contributed by atoms with Crippen LogP contribution in [0.15, 0.2) is 64.7 Å². The Bertz CT molecular complexity index is 1240. The van der Waals surface area contributed by atoms with Crippen LogP contribution in [0.5, 0.6) is 11.5 Å². The fourth-order valence-electron chi connectivity index (χ4n) is 4.02. The average Bonchev–Trinajstić information content (AvgIpc) is 3.43. The fraction of sp³-hybridized carbons (Fsp3) is 0.321. The van der Waals surface area contributed by atoms with Gasteiger partial charge < -0.3 is 19.1 Å². The molecular formula is C28H30N2O6. The molecule has 8 heteroatoms. The van der Waals surface area contributed by atoms with Crippen LogP contribution in [-0.4, -0.2) is 35.2 Å². The molecule has 1 N–H and O–H groups in total. The molecular weight excluding hydrogens is 460 g/mol. The minimum atomic E-state index is -0.893. The van der Waals surface area contributed by atoms with E-state index in [1.165, 1.54) is 4.90 Å². The van der Waals surface area contributed by atoms with Crippen molar-refractivity contribution in [3.05, 3.63) is 77.1 Å². The second kappa shape index (κ2) is 11.1. The van der Waals surface area contributed by atoms with E-state index in [-0.39, 0.29) is 17.2 Å². The van der Waals surface area contributed by atoms with Gasteiger partial charge in [-0.15, -0.1) is 0 Å². The first-order valence-electron chi connectivity index (χ1n) is 12.1. The maximum Gasteiger partial charge on any atom is 0.301 e. The van der Waals surface area contributed by atoms with Crippen LogP contribution in [0.3, 0.4) is 0 Å². The number of Topliss-reactive ketones (excluding diaryl/α,β-unsaturated/α-hetero) is 1. The number of aromatic nitrogens is 1. The first-order chi connectivity index (χ1) is 17.4. The minimum absolute atomic E-state index is 0.0254. The van der Waals surface area contributed by atoms with Gasteiger partial charge >= 0.3 is 5.91 Å². The van der Waals surface area contributed by atoms with Crippen molar-refractivity contribution in [1.29, 1.82) is 0 Å². The van der Waals surface area contributed by atoms with Gasteiger partial charge in [0, 0.05) is 11.6 Å². The summed E-state index contributed by atoms with van der Waals surface area (Å²) in [5.74, 6) is 0.171. The van der Waals surface area contributed by atoms with Crippen LogP contribution < -0.4 is 14.4 Å². The summed E-state index contributed by atoms with van der Waals surface area (Å²) < 4.78 is 16.5. The van der Waals surface area contributed by atoms with Gasteiger partial charge in [0.15, 0.2) is 5.82 Å². The SMILES string of the molecule is CCCCOc1ccc(C2/C(=C(\O)c3ccc(OCCC)cc3)C(=O)C(=O)N2c2cc(C)on2)cc1. The number of benzene rings is 2. The molecule has 1 aliphatic heterocycles. The van der Waals surface area contributed by atoms with Crippen molar-refractivity contribution in [3.8, 4) is 11.5 Å². The van der Waals surface area contributed by atoms with Gasteiger partial charge in [0.2, 0.25) is 0 Å². The summed E-state index contributed by atoms with van der Waals surface area (Å²) in [6.07, 6.45) is 2.83. The minimum Gasteiger partial charge on any atom is -0.507 e. The van der Waals surface area contributed by atoms with Gasteiger partial charge in [0.1, 0.15) is 23.0 Å². The number of nitrogens with zero attached hydrogens (tertiary/aromatic N) is 2. The number of carbonyl (C=O) groups is 2. The second-order valence-corrected chi connectivity index (χ2v) is 8.61. The summed E-state index contributed by atoms with van der Waals surface area (Å²) in [5, 5.41) is 15.2. The van der Waals surface area contributed by atoms with Crippen molar-refractivity contribution < 1.29 is 28.7 Å². The molecule has 1 saturated heterocycles. The number of hydrogen-bond donors (Lipinski definition) is 1. The topological polar surface area (TPSA) is 102 Å². The second-order valence-electron chi connectivity index (χ2n) is 8.61. The Hall–Kier alpha value is -4.07. The Labute approximate surface area is 210 Å². The number of carbonyl (C=O) groups excluding carboxylic acids is 2. The number of aryl methyl sites for hydroxylation is 1. The van der Waals surface area contributed by atoms with Crippen LogP contribution in [0.1, 0.15) is 56.0 Å². The van der Waals surface area contributed by atoms with Gasteiger partial charge in [-0.2, -0.15) is 0 Å². The van der Waals surface area contributed by atoms with Crippen molar-refractivity contribution in [1.82, 2.24) is 5.16 Å². The van der Waals surface area contributed by atoms with E-state index in [9.17, 15) is 14.7 Å². The Kier molecular flexibility index (Phi) is 7.73. The van der Waals surface area contributed by atoms with Gasteiger partial charge in [-0.1, -0.05) is 37.6 Å². The number of aliphatic hydroxyl groups is 1. The highest BCUT2D eigenvalue weighted by Gasteiger charge is 2.48. The lowest BCUT2D eigenvalue weighted by Crippen LogP contribution is -2.29. The zero-order chi connectivity index (χ0) is 25.7. The zero-order valence-electron chi connectivity index (χ0n) is 20.7. The Morgan fingerprint density at radius 2 is 1.61 bits per heavy atom. The summed E-state index contributed by atoms with van der Waals surface area (Å²) in [7, 11) is 0. The lowest BCUT2D eigenvalue weighted by Gasteiger charge is -2.23.